The van der Waals surface area contributed by atoms with Crippen LogP contribution in [-0.2, 0) is 22.1 Å². The van der Waals surface area contributed by atoms with Crippen LogP contribution in [0.15, 0.2) is 48.5 Å². The first kappa shape index (κ1) is 15.0. The van der Waals surface area contributed by atoms with E-state index >= 15 is 0 Å². The zero-order valence-corrected chi connectivity index (χ0v) is 13.3. The fourth-order valence-electron chi connectivity index (χ4n) is 2.10. The molecular weight excluding hydrogens is 318 g/mol. The Morgan fingerprint density at radius 2 is 1.91 bits per heavy atom. The van der Waals surface area contributed by atoms with Gasteiger partial charge in [-0.25, -0.2) is 9.78 Å². The summed E-state index contributed by atoms with van der Waals surface area (Å²) in [5, 5.41) is 0.824. The van der Waals surface area contributed by atoms with Crippen LogP contribution in [0.5, 0.6) is 0 Å². The summed E-state index contributed by atoms with van der Waals surface area (Å²) in [6.45, 7) is 0.936. The number of hydrogen-bond acceptors (Lipinski definition) is 6. The van der Waals surface area contributed by atoms with Crippen LogP contribution < -0.4 is 0 Å². The molecule has 0 fully saturated rings. The highest BCUT2D eigenvalue weighted by Gasteiger charge is 2.14. The van der Waals surface area contributed by atoms with Crippen molar-refractivity contribution in [3.05, 3.63) is 64.7 Å². The Balaban J connectivity index is 1.74. The van der Waals surface area contributed by atoms with Crippen LogP contribution in [-0.4, -0.2) is 11.0 Å². The maximum atomic E-state index is 11.7. The summed E-state index contributed by atoms with van der Waals surface area (Å²) in [5.74, 6) is -0.477. The van der Waals surface area contributed by atoms with Crippen molar-refractivity contribution < 1.29 is 13.7 Å². The zero-order chi connectivity index (χ0) is 15.4. The minimum absolute atomic E-state index is 0.406. The lowest BCUT2D eigenvalue weighted by Crippen LogP contribution is -1.97. The quantitative estimate of drug-likeness (QED) is 0.567. The largest absolute Gasteiger partial charge is 0.391 e. The molecule has 0 radical (unpaired) electrons. The summed E-state index contributed by atoms with van der Waals surface area (Å²) in [4.78, 5) is 16.2. The lowest BCUT2D eigenvalue weighted by atomic mass is 10.2. The molecule has 112 valence electrons. The predicted molar refractivity (Wildman–Crippen MR) is 89.0 cm³/mol. The number of carbonyl (C=O) groups is 1. The minimum Gasteiger partial charge on any atom is -0.391 e. The van der Waals surface area contributed by atoms with E-state index in [0.29, 0.717) is 18.8 Å². The van der Waals surface area contributed by atoms with Gasteiger partial charge in [0, 0.05) is 12.9 Å². The SMILES string of the molecule is O=C(OS)c1cccc2nc(COCc3ccccc3)sc12. The number of hydrogen-bond donors (Lipinski definition) is 1. The molecule has 1 heterocycles. The van der Waals surface area contributed by atoms with Crippen molar-refractivity contribution in [1.82, 2.24) is 4.98 Å². The molecule has 0 unspecified atom stereocenters. The fraction of sp³-hybridized carbons (Fsp3) is 0.125. The highest BCUT2D eigenvalue weighted by molar-refractivity contribution is 7.75. The monoisotopic (exact) mass is 331 g/mol. The number of carbonyl (C=O) groups excluding carboxylic acids is 1. The van der Waals surface area contributed by atoms with Gasteiger partial charge < -0.3 is 8.92 Å². The molecule has 0 saturated carbocycles. The molecule has 3 aromatic rings. The molecule has 0 aliphatic rings. The summed E-state index contributed by atoms with van der Waals surface area (Å²) in [7, 11) is 0. The van der Waals surface area contributed by atoms with E-state index in [1.807, 2.05) is 36.4 Å². The molecule has 2 aromatic carbocycles. The number of thiol groups is 1. The first-order valence-electron chi connectivity index (χ1n) is 6.64. The second-order valence-corrected chi connectivity index (χ2v) is 5.88. The van der Waals surface area contributed by atoms with Crippen molar-refractivity contribution in [3.63, 3.8) is 0 Å². The summed E-state index contributed by atoms with van der Waals surface area (Å²) in [6, 6.07) is 15.3. The Morgan fingerprint density at radius 3 is 2.68 bits per heavy atom. The molecule has 4 nitrogen and oxygen atoms in total. The number of fused-ring (bicyclic) bond motifs is 1. The van der Waals surface area contributed by atoms with Crippen LogP contribution in [0.4, 0.5) is 0 Å². The van der Waals surface area contributed by atoms with Gasteiger partial charge in [0.15, 0.2) is 0 Å². The number of thiazole rings is 1. The van der Waals surface area contributed by atoms with E-state index in [4.69, 9.17) is 4.74 Å². The lowest BCUT2D eigenvalue weighted by Gasteiger charge is -2.01. The van der Waals surface area contributed by atoms with Crippen LogP contribution >= 0.6 is 24.2 Å². The number of aromatic nitrogens is 1. The average Bonchev–Trinajstić information content (AvgIpc) is 2.98. The van der Waals surface area contributed by atoms with Crippen LogP contribution in [0.25, 0.3) is 10.2 Å². The van der Waals surface area contributed by atoms with Gasteiger partial charge in [0.1, 0.15) is 5.01 Å². The molecule has 6 heteroatoms. The standard InChI is InChI=1S/C16H13NO3S2/c18-16(20-21)12-7-4-8-13-15(12)22-14(17-13)10-19-9-11-5-2-1-3-6-11/h1-8,21H,9-10H2. The number of nitrogens with zero attached hydrogens (tertiary/aromatic N) is 1. The lowest BCUT2D eigenvalue weighted by molar-refractivity contribution is 0.0774. The number of benzene rings is 2. The molecule has 1 aromatic heterocycles. The first-order valence-corrected chi connectivity index (χ1v) is 7.82. The molecule has 22 heavy (non-hydrogen) atoms. The molecule has 0 atom stereocenters. The van der Waals surface area contributed by atoms with Crippen LogP contribution in [0.2, 0.25) is 0 Å². The Labute approximate surface area is 137 Å². The highest BCUT2D eigenvalue weighted by Crippen LogP contribution is 2.27. The Kier molecular flexibility index (Phi) is 4.72. The van der Waals surface area contributed by atoms with E-state index in [1.54, 1.807) is 12.1 Å². The van der Waals surface area contributed by atoms with Gasteiger partial charge in [0.25, 0.3) is 0 Å². The van der Waals surface area contributed by atoms with E-state index in [9.17, 15) is 4.79 Å². The third-order valence-electron chi connectivity index (χ3n) is 3.10. The predicted octanol–water partition coefficient (Wildman–Crippen LogP) is 4.01. The smallest absolute Gasteiger partial charge is 0.351 e. The Morgan fingerprint density at radius 1 is 1.09 bits per heavy atom. The Hall–Kier alpha value is -1.89. The maximum absolute atomic E-state index is 11.7. The van der Waals surface area contributed by atoms with Crippen molar-refractivity contribution in [2.75, 3.05) is 0 Å². The van der Waals surface area contributed by atoms with Gasteiger partial charge in [-0.2, -0.15) is 0 Å². The van der Waals surface area contributed by atoms with Gasteiger partial charge in [0.2, 0.25) is 0 Å². The molecule has 0 bridgehead atoms. The molecule has 0 spiro atoms. The van der Waals surface area contributed by atoms with Gasteiger partial charge in [-0.05, 0) is 17.7 Å². The molecular formula is C16H13NO3S2. The van der Waals surface area contributed by atoms with E-state index < -0.39 is 5.97 Å². The molecule has 0 amide bonds. The summed E-state index contributed by atoms with van der Waals surface area (Å²) >= 11 is 5.00. The van der Waals surface area contributed by atoms with Gasteiger partial charge in [0.05, 0.1) is 29.0 Å². The van der Waals surface area contributed by atoms with Crippen LogP contribution in [0.3, 0.4) is 0 Å². The molecule has 0 saturated heterocycles. The molecule has 0 N–H and O–H groups in total. The average molecular weight is 331 g/mol. The van der Waals surface area contributed by atoms with Gasteiger partial charge in [-0.3, -0.25) is 0 Å². The topological polar surface area (TPSA) is 48.4 Å². The highest BCUT2D eigenvalue weighted by atomic mass is 32.1. The summed E-state index contributed by atoms with van der Waals surface area (Å²) in [6.07, 6.45) is 0. The third-order valence-corrected chi connectivity index (χ3v) is 4.34. The zero-order valence-electron chi connectivity index (χ0n) is 11.6. The van der Waals surface area contributed by atoms with Crippen molar-refractivity contribution in [1.29, 1.82) is 0 Å². The third kappa shape index (κ3) is 3.30. The first-order chi connectivity index (χ1) is 10.8. The van der Waals surface area contributed by atoms with Crippen LogP contribution in [0, 0.1) is 0 Å². The van der Waals surface area contributed by atoms with E-state index in [1.165, 1.54) is 11.3 Å². The van der Waals surface area contributed by atoms with E-state index in [0.717, 1.165) is 20.8 Å². The normalized spacial score (nSPS) is 10.8. The van der Waals surface area contributed by atoms with Gasteiger partial charge in [-0.15, -0.1) is 11.3 Å². The number of rotatable bonds is 5. The van der Waals surface area contributed by atoms with Crippen LogP contribution in [0.1, 0.15) is 20.9 Å². The second kappa shape index (κ2) is 6.91. The van der Waals surface area contributed by atoms with Gasteiger partial charge in [-0.1, -0.05) is 36.4 Å². The molecule has 0 aliphatic heterocycles. The maximum Gasteiger partial charge on any atom is 0.351 e. The summed E-state index contributed by atoms with van der Waals surface area (Å²) < 4.78 is 11.0. The Bertz CT molecular complexity index is 786. The minimum atomic E-state index is -0.477. The fourth-order valence-corrected chi connectivity index (χ4v) is 3.20. The summed E-state index contributed by atoms with van der Waals surface area (Å²) in [5.41, 5.74) is 2.35. The molecule has 3 rings (SSSR count). The van der Waals surface area contributed by atoms with Crippen molar-refractivity contribution in [2.24, 2.45) is 0 Å². The van der Waals surface area contributed by atoms with Crippen molar-refractivity contribution in [3.8, 4) is 0 Å². The van der Waals surface area contributed by atoms with E-state index in [-0.39, 0.29) is 0 Å². The van der Waals surface area contributed by atoms with Crippen molar-refractivity contribution >= 4 is 40.4 Å². The number of ether oxygens (including phenoxy) is 1. The van der Waals surface area contributed by atoms with Gasteiger partial charge >= 0.3 is 5.97 Å². The van der Waals surface area contributed by atoms with Crippen molar-refractivity contribution in [2.45, 2.75) is 13.2 Å². The molecule has 0 aliphatic carbocycles. The second-order valence-electron chi connectivity index (χ2n) is 4.62. The van der Waals surface area contributed by atoms with E-state index in [2.05, 4.69) is 22.1 Å².